The molecule has 2 aromatic heterocycles. The van der Waals surface area contributed by atoms with E-state index in [1.165, 1.54) is 5.56 Å². The first kappa shape index (κ1) is 18.5. The van der Waals surface area contributed by atoms with E-state index < -0.39 is 0 Å². The van der Waals surface area contributed by atoms with Gasteiger partial charge < -0.3 is 9.64 Å². The Kier molecular flexibility index (Phi) is 4.72. The van der Waals surface area contributed by atoms with Crippen LogP contribution in [-0.2, 0) is 11.3 Å². The van der Waals surface area contributed by atoms with E-state index in [-0.39, 0.29) is 17.4 Å². The van der Waals surface area contributed by atoms with E-state index in [9.17, 15) is 0 Å². The Morgan fingerprint density at radius 1 is 1.17 bits per heavy atom. The monoisotopic (exact) mass is 410 g/mol. The van der Waals surface area contributed by atoms with Crippen molar-refractivity contribution in [2.24, 2.45) is 0 Å². The summed E-state index contributed by atoms with van der Waals surface area (Å²) in [5.41, 5.74) is 2.96. The number of hydrogen-bond donors (Lipinski definition) is 0. The second kappa shape index (κ2) is 7.39. The van der Waals surface area contributed by atoms with Gasteiger partial charge >= 0.3 is 0 Å². The molecule has 0 amide bonds. The molecular weight excluding hydrogens is 388 g/mol. The van der Waals surface area contributed by atoms with Gasteiger partial charge in [-0.3, -0.25) is 4.57 Å². The van der Waals surface area contributed by atoms with Gasteiger partial charge in [-0.1, -0.05) is 37.3 Å². The molecule has 3 aromatic rings. The highest BCUT2D eigenvalue weighted by molar-refractivity contribution is 6.28. The Hall–Kier alpha value is -2.51. The zero-order valence-electron chi connectivity index (χ0n) is 16.5. The highest BCUT2D eigenvalue weighted by atomic mass is 35.5. The summed E-state index contributed by atoms with van der Waals surface area (Å²) in [4.78, 5) is 11.3. The fourth-order valence-electron chi connectivity index (χ4n) is 4.39. The predicted octanol–water partition coefficient (Wildman–Crippen LogP) is 4.04. The van der Waals surface area contributed by atoms with Crippen LogP contribution in [0, 0.1) is 6.92 Å². The van der Waals surface area contributed by atoms with Crippen LogP contribution >= 0.6 is 11.6 Å². The minimum Gasteiger partial charge on any atom is -0.373 e. The Morgan fingerprint density at radius 3 is 2.72 bits per heavy atom. The van der Waals surface area contributed by atoms with E-state index in [0.717, 1.165) is 42.3 Å². The predicted molar refractivity (Wildman–Crippen MR) is 110 cm³/mol. The fraction of sp³-hybridized carbons (Fsp3) is 0.429. The molecule has 0 spiro atoms. The van der Waals surface area contributed by atoms with Crippen LogP contribution in [0.1, 0.15) is 49.3 Å². The van der Waals surface area contributed by atoms with Crippen LogP contribution in [0.4, 0.5) is 5.82 Å². The molecule has 1 aliphatic carbocycles. The molecule has 1 fully saturated rings. The van der Waals surface area contributed by atoms with Gasteiger partial charge in [-0.2, -0.15) is 4.98 Å². The minimum absolute atomic E-state index is 0.107. The lowest BCUT2D eigenvalue weighted by molar-refractivity contribution is -0.0225. The van der Waals surface area contributed by atoms with Crippen LogP contribution in [0.3, 0.4) is 0 Å². The molecule has 8 heteroatoms. The number of nitrogens with zero attached hydrogens (tertiary/aromatic N) is 6. The summed E-state index contributed by atoms with van der Waals surface area (Å²) in [6.45, 7) is 4.76. The maximum atomic E-state index is 6.24. The van der Waals surface area contributed by atoms with E-state index >= 15 is 0 Å². The molecule has 1 saturated carbocycles. The Balaban J connectivity index is 1.39. The van der Waals surface area contributed by atoms with Crippen LogP contribution in [0.15, 0.2) is 36.7 Å². The quantitative estimate of drug-likeness (QED) is 0.591. The number of benzene rings is 1. The molecule has 0 bridgehead atoms. The van der Waals surface area contributed by atoms with Crippen molar-refractivity contribution >= 4 is 17.4 Å². The second-order valence-corrected chi connectivity index (χ2v) is 8.02. The summed E-state index contributed by atoms with van der Waals surface area (Å²) in [6.07, 6.45) is 4.81. The minimum atomic E-state index is 0.107. The third kappa shape index (κ3) is 3.18. The first-order valence-corrected chi connectivity index (χ1v) is 10.4. The average Bonchev–Trinajstić information content (AvgIpc) is 3.16. The maximum Gasteiger partial charge on any atom is 0.224 e. The highest BCUT2D eigenvalue weighted by Gasteiger charge is 2.43. The molecule has 1 aromatic carbocycles. The van der Waals surface area contributed by atoms with E-state index in [1.807, 2.05) is 29.7 Å². The summed E-state index contributed by atoms with van der Waals surface area (Å²) in [5.74, 6) is 1.80. The smallest absolute Gasteiger partial charge is 0.224 e. The van der Waals surface area contributed by atoms with E-state index in [4.69, 9.17) is 16.3 Å². The fourth-order valence-corrected chi connectivity index (χ4v) is 4.60. The maximum absolute atomic E-state index is 6.24. The van der Waals surface area contributed by atoms with Gasteiger partial charge in [-0.15, -0.1) is 10.2 Å². The van der Waals surface area contributed by atoms with E-state index in [1.54, 1.807) is 6.33 Å². The van der Waals surface area contributed by atoms with Gasteiger partial charge in [0.1, 0.15) is 12.0 Å². The zero-order chi connectivity index (χ0) is 20.0. The van der Waals surface area contributed by atoms with Crippen LogP contribution < -0.4 is 4.90 Å². The first-order valence-electron chi connectivity index (χ1n) is 10.0. The van der Waals surface area contributed by atoms with Crippen LogP contribution in [0.2, 0.25) is 5.28 Å². The third-order valence-corrected chi connectivity index (χ3v) is 6.05. The van der Waals surface area contributed by atoms with Crippen molar-refractivity contribution in [2.75, 3.05) is 4.90 Å². The van der Waals surface area contributed by atoms with Crippen LogP contribution in [0.5, 0.6) is 0 Å². The number of aryl methyl sites for hydroxylation is 1. The van der Waals surface area contributed by atoms with Gasteiger partial charge in [-0.05, 0) is 43.4 Å². The van der Waals surface area contributed by atoms with E-state index in [0.29, 0.717) is 12.6 Å². The van der Waals surface area contributed by atoms with Crippen molar-refractivity contribution in [2.45, 2.75) is 57.9 Å². The highest BCUT2D eigenvalue weighted by Crippen LogP contribution is 2.45. The molecule has 29 heavy (non-hydrogen) atoms. The van der Waals surface area contributed by atoms with Gasteiger partial charge in [0.05, 0.1) is 24.4 Å². The standard InChI is InChI=1S/C21H23ClN6O/c1-3-17-19-26-23-12-27(19)18-13(2)24-21(22)25-20(18)28(17)15-9-16(10-15)29-11-14-7-5-4-6-8-14/h4-8,12,15-17H,3,9-11H2,1-2H3/t15?,16?,17-/m1/s1. The molecule has 0 radical (unpaired) electrons. The number of fused-ring (bicyclic) bond motifs is 3. The molecule has 0 N–H and O–H groups in total. The summed E-state index contributed by atoms with van der Waals surface area (Å²) in [7, 11) is 0. The van der Waals surface area contributed by atoms with Crippen molar-refractivity contribution in [1.29, 1.82) is 0 Å². The molecular formula is C21H23ClN6O. The molecule has 2 aliphatic rings. The van der Waals surface area contributed by atoms with Crippen molar-refractivity contribution in [3.8, 4) is 5.69 Å². The third-order valence-electron chi connectivity index (χ3n) is 5.88. The number of anilines is 1. The summed E-state index contributed by atoms with van der Waals surface area (Å²) in [6, 6.07) is 10.7. The lowest BCUT2D eigenvalue weighted by Gasteiger charge is -2.48. The number of ether oxygens (including phenoxy) is 1. The topological polar surface area (TPSA) is 69.0 Å². The van der Waals surface area contributed by atoms with Gasteiger partial charge in [0.25, 0.3) is 0 Å². The molecule has 3 heterocycles. The Bertz CT molecular complexity index is 1020. The summed E-state index contributed by atoms with van der Waals surface area (Å²) < 4.78 is 8.13. The molecule has 5 rings (SSSR count). The summed E-state index contributed by atoms with van der Waals surface area (Å²) >= 11 is 6.24. The largest absolute Gasteiger partial charge is 0.373 e. The van der Waals surface area contributed by atoms with Crippen LogP contribution in [-0.4, -0.2) is 36.9 Å². The molecule has 7 nitrogen and oxygen atoms in total. The van der Waals surface area contributed by atoms with E-state index in [2.05, 4.69) is 44.1 Å². The van der Waals surface area contributed by atoms with Gasteiger partial charge in [0.15, 0.2) is 11.6 Å². The second-order valence-electron chi connectivity index (χ2n) is 7.68. The Labute approximate surface area is 174 Å². The number of rotatable bonds is 5. The van der Waals surface area contributed by atoms with Gasteiger partial charge in [0.2, 0.25) is 5.28 Å². The lowest BCUT2D eigenvalue weighted by Crippen LogP contribution is -2.52. The molecule has 0 unspecified atom stereocenters. The Morgan fingerprint density at radius 2 is 1.97 bits per heavy atom. The van der Waals surface area contributed by atoms with Crippen molar-refractivity contribution in [3.63, 3.8) is 0 Å². The number of hydrogen-bond acceptors (Lipinski definition) is 6. The normalized spacial score (nSPS) is 22.7. The van der Waals surface area contributed by atoms with Crippen molar-refractivity contribution < 1.29 is 4.74 Å². The lowest BCUT2D eigenvalue weighted by atomic mass is 9.85. The van der Waals surface area contributed by atoms with Gasteiger partial charge in [0, 0.05) is 6.04 Å². The van der Waals surface area contributed by atoms with Crippen molar-refractivity contribution in [3.05, 3.63) is 59.0 Å². The number of halogens is 1. The molecule has 1 aliphatic heterocycles. The molecule has 0 saturated heterocycles. The number of aromatic nitrogens is 5. The molecule has 1 atom stereocenters. The van der Waals surface area contributed by atoms with Crippen LogP contribution in [0.25, 0.3) is 5.69 Å². The van der Waals surface area contributed by atoms with Gasteiger partial charge in [-0.25, -0.2) is 4.98 Å². The SMILES string of the molecule is CC[C@@H]1c2nncn2-c2c(C)nc(Cl)nc2N1C1CC(OCc2ccccc2)C1. The molecule has 150 valence electrons. The summed E-state index contributed by atoms with van der Waals surface area (Å²) in [5, 5.41) is 8.83. The first-order chi connectivity index (χ1) is 14.2. The average molecular weight is 411 g/mol. The van der Waals surface area contributed by atoms with Crippen molar-refractivity contribution in [1.82, 2.24) is 24.7 Å². The zero-order valence-corrected chi connectivity index (χ0v) is 17.3.